The molecule has 0 N–H and O–H groups in total. The quantitative estimate of drug-likeness (QED) is 0.113. The van der Waals surface area contributed by atoms with Crippen LogP contribution in [0.4, 0.5) is 0 Å². The summed E-state index contributed by atoms with van der Waals surface area (Å²) < 4.78 is 0. The SMILES string of the molecule is CCCCCC/C(=N\OC(=O)c1ccccc1)C(=O)c1cc(C)cc(C)c1SC. The summed E-state index contributed by atoms with van der Waals surface area (Å²) in [6.07, 6.45) is 6.50. The van der Waals surface area contributed by atoms with Gasteiger partial charge in [-0.1, -0.05) is 61.2 Å². The Labute approximate surface area is 177 Å². The number of carbonyl (C=O) groups excluding carboxylic acids is 2. The lowest BCUT2D eigenvalue weighted by Gasteiger charge is -2.12. The number of hydrogen-bond donors (Lipinski definition) is 0. The standard InChI is InChI=1S/C24H29NO3S/c1-5-6-7-11-14-21(25-28-24(27)19-12-9-8-10-13-19)22(26)20-16-17(2)15-18(3)23(20)29-4/h8-10,12-13,15-16H,5-7,11,14H2,1-4H3/b25-21+. The molecule has 0 aliphatic rings. The monoisotopic (exact) mass is 411 g/mol. The minimum Gasteiger partial charge on any atom is -0.312 e. The lowest BCUT2D eigenvalue weighted by Crippen LogP contribution is -2.18. The van der Waals surface area contributed by atoms with Crippen LogP contribution < -0.4 is 0 Å². The summed E-state index contributed by atoms with van der Waals surface area (Å²) in [7, 11) is 0. The first-order valence-electron chi connectivity index (χ1n) is 10.0. The molecule has 0 heterocycles. The topological polar surface area (TPSA) is 55.7 Å². The summed E-state index contributed by atoms with van der Waals surface area (Å²) in [5.74, 6) is -0.728. The minimum absolute atomic E-state index is 0.168. The molecule has 0 aliphatic heterocycles. The molecule has 29 heavy (non-hydrogen) atoms. The van der Waals surface area contributed by atoms with E-state index in [0.717, 1.165) is 41.7 Å². The summed E-state index contributed by atoms with van der Waals surface area (Å²) in [5, 5.41) is 4.02. The molecule has 0 fully saturated rings. The number of benzene rings is 2. The zero-order valence-corrected chi connectivity index (χ0v) is 18.5. The normalized spacial score (nSPS) is 11.4. The zero-order chi connectivity index (χ0) is 21.2. The Bertz CT molecular complexity index is 875. The summed E-state index contributed by atoms with van der Waals surface area (Å²) >= 11 is 1.55. The molecule has 0 saturated carbocycles. The number of aryl methyl sites for hydroxylation is 2. The van der Waals surface area contributed by atoms with Gasteiger partial charge in [-0.2, -0.15) is 0 Å². The van der Waals surface area contributed by atoms with Crippen molar-refractivity contribution >= 4 is 29.2 Å². The van der Waals surface area contributed by atoms with Crippen LogP contribution in [0.25, 0.3) is 0 Å². The maximum Gasteiger partial charge on any atom is 0.365 e. The summed E-state index contributed by atoms with van der Waals surface area (Å²) in [5.41, 5.74) is 3.42. The Kier molecular flexibility index (Phi) is 9.13. The van der Waals surface area contributed by atoms with E-state index in [-0.39, 0.29) is 5.78 Å². The average molecular weight is 412 g/mol. The minimum atomic E-state index is -0.560. The molecule has 4 nitrogen and oxygen atoms in total. The van der Waals surface area contributed by atoms with Crippen LogP contribution in [0.1, 0.15) is 70.9 Å². The van der Waals surface area contributed by atoms with E-state index in [1.165, 1.54) is 0 Å². The first-order valence-corrected chi connectivity index (χ1v) is 11.2. The van der Waals surface area contributed by atoms with Gasteiger partial charge in [0.05, 0.1) is 5.56 Å². The maximum atomic E-state index is 13.3. The molecular weight excluding hydrogens is 382 g/mol. The Balaban J connectivity index is 2.29. The van der Waals surface area contributed by atoms with Crippen molar-refractivity contribution in [3.63, 3.8) is 0 Å². The predicted octanol–water partition coefficient (Wildman–Crippen LogP) is 6.39. The van der Waals surface area contributed by atoms with Gasteiger partial charge in [0.2, 0.25) is 5.78 Å². The summed E-state index contributed by atoms with van der Waals surface area (Å²) in [6, 6.07) is 12.6. The van der Waals surface area contributed by atoms with Crippen molar-refractivity contribution in [3.8, 4) is 0 Å². The van der Waals surface area contributed by atoms with Gasteiger partial charge in [-0.15, -0.1) is 11.8 Å². The van der Waals surface area contributed by atoms with Gasteiger partial charge >= 0.3 is 5.97 Å². The number of oxime groups is 1. The molecule has 2 aromatic rings. The van der Waals surface area contributed by atoms with Crippen molar-refractivity contribution in [2.75, 3.05) is 6.26 Å². The van der Waals surface area contributed by atoms with Crippen LogP contribution in [0.5, 0.6) is 0 Å². The van der Waals surface area contributed by atoms with E-state index < -0.39 is 5.97 Å². The number of unbranched alkanes of at least 4 members (excludes halogenated alkanes) is 3. The third kappa shape index (κ3) is 6.57. The average Bonchev–Trinajstić information content (AvgIpc) is 2.72. The van der Waals surface area contributed by atoms with Crippen LogP contribution in [-0.2, 0) is 4.84 Å². The number of carbonyl (C=O) groups is 2. The molecule has 0 aromatic heterocycles. The Morgan fingerprint density at radius 2 is 1.76 bits per heavy atom. The number of hydrogen-bond acceptors (Lipinski definition) is 5. The zero-order valence-electron chi connectivity index (χ0n) is 17.7. The van der Waals surface area contributed by atoms with E-state index in [1.807, 2.05) is 32.2 Å². The van der Waals surface area contributed by atoms with Gasteiger partial charge in [0.1, 0.15) is 5.71 Å². The fourth-order valence-electron chi connectivity index (χ4n) is 3.19. The van der Waals surface area contributed by atoms with E-state index in [1.54, 1.807) is 36.0 Å². The van der Waals surface area contributed by atoms with Crippen LogP contribution in [0.3, 0.4) is 0 Å². The number of Topliss-reactive ketones (excluding diaryl/α,β-unsaturated/α-hetero) is 1. The van der Waals surface area contributed by atoms with Crippen molar-refractivity contribution in [3.05, 3.63) is 64.7 Å². The molecular formula is C24H29NO3S. The van der Waals surface area contributed by atoms with Gasteiger partial charge in [-0.3, -0.25) is 4.79 Å². The van der Waals surface area contributed by atoms with Crippen LogP contribution in [0.2, 0.25) is 0 Å². The summed E-state index contributed by atoms with van der Waals surface area (Å²) in [6.45, 7) is 6.12. The molecule has 0 saturated heterocycles. The molecule has 5 heteroatoms. The second kappa shape index (κ2) is 11.6. The number of thioether (sulfide) groups is 1. The predicted molar refractivity (Wildman–Crippen MR) is 120 cm³/mol. The highest BCUT2D eigenvalue weighted by Gasteiger charge is 2.21. The van der Waals surface area contributed by atoms with Crippen LogP contribution in [0, 0.1) is 13.8 Å². The molecule has 0 spiro atoms. The molecule has 0 unspecified atom stereocenters. The van der Waals surface area contributed by atoms with Gasteiger partial charge in [0.25, 0.3) is 0 Å². The molecule has 0 atom stereocenters. The Hall–Kier alpha value is -2.40. The van der Waals surface area contributed by atoms with Crippen molar-refractivity contribution in [2.24, 2.45) is 5.16 Å². The van der Waals surface area contributed by atoms with E-state index in [2.05, 4.69) is 18.1 Å². The van der Waals surface area contributed by atoms with E-state index in [4.69, 9.17) is 4.84 Å². The molecule has 0 bridgehead atoms. The van der Waals surface area contributed by atoms with Crippen molar-refractivity contribution < 1.29 is 14.4 Å². The third-order valence-electron chi connectivity index (χ3n) is 4.65. The summed E-state index contributed by atoms with van der Waals surface area (Å²) in [4.78, 5) is 31.7. The molecule has 0 radical (unpaired) electrons. The third-order valence-corrected chi connectivity index (χ3v) is 5.60. The highest BCUT2D eigenvalue weighted by Crippen LogP contribution is 2.27. The number of rotatable bonds is 10. The second-order valence-electron chi connectivity index (χ2n) is 7.09. The fourth-order valence-corrected chi connectivity index (χ4v) is 3.95. The highest BCUT2D eigenvalue weighted by molar-refractivity contribution is 7.98. The smallest absolute Gasteiger partial charge is 0.312 e. The van der Waals surface area contributed by atoms with Gasteiger partial charge in [-0.05, 0) is 56.7 Å². The van der Waals surface area contributed by atoms with Gasteiger partial charge in [0, 0.05) is 10.5 Å². The highest BCUT2D eigenvalue weighted by atomic mass is 32.2. The van der Waals surface area contributed by atoms with E-state index in [9.17, 15) is 9.59 Å². The first kappa shape index (κ1) is 22.9. The molecule has 154 valence electrons. The van der Waals surface area contributed by atoms with Gasteiger partial charge < -0.3 is 4.84 Å². The first-order chi connectivity index (χ1) is 14.0. The molecule has 0 aliphatic carbocycles. The lowest BCUT2D eigenvalue weighted by atomic mass is 9.98. The van der Waals surface area contributed by atoms with Gasteiger partial charge in [-0.25, -0.2) is 4.79 Å². The Morgan fingerprint density at radius 3 is 2.41 bits per heavy atom. The van der Waals surface area contributed by atoms with E-state index >= 15 is 0 Å². The van der Waals surface area contributed by atoms with Crippen molar-refractivity contribution in [2.45, 2.75) is 57.8 Å². The van der Waals surface area contributed by atoms with Crippen molar-refractivity contribution in [1.82, 2.24) is 0 Å². The number of ketones is 1. The molecule has 2 rings (SSSR count). The lowest BCUT2D eigenvalue weighted by molar-refractivity contribution is 0.0514. The second-order valence-corrected chi connectivity index (χ2v) is 7.90. The van der Waals surface area contributed by atoms with Crippen molar-refractivity contribution in [1.29, 1.82) is 0 Å². The van der Waals surface area contributed by atoms with Crippen LogP contribution in [0.15, 0.2) is 52.5 Å². The molecule has 0 amide bonds. The number of nitrogens with zero attached hydrogens (tertiary/aromatic N) is 1. The maximum absolute atomic E-state index is 13.3. The molecule has 2 aromatic carbocycles. The van der Waals surface area contributed by atoms with E-state index in [0.29, 0.717) is 23.3 Å². The fraction of sp³-hybridized carbons (Fsp3) is 0.375. The Morgan fingerprint density at radius 1 is 1.03 bits per heavy atom. The van der Waals surface area contributed by atoms with Crippen LogP contribution >= 0.6 is 11.8 Å². The van der Waals surface area contributed by atoms with Gasteiger partial charge in [0.15, 0.2) is 0 Å². The largest absolute Gasteiger partial charge is 0.365 e. The van der Waals surface area contributed by atoms with Crippen LogP contribution in [-0.4, -0.2) is 23.7 Å².